The van der Waals surface area contributed by atoms with Gasteiger partial charge in [0.2, 0.25) is 11.7 Å². The van der Waals surface area contributed by atoms with E-state index in [2.05, 4.69) is 0 Å². The van der Waals surface area contributed by atoms with Gasteiger partial charge in [0.15, 0.2) is 0 Å². The zero-order valence-corrected chi connectivity index (χ0v) is 8.90. The maximum atomic E-state index is 13.2. The van der Waals surface area contributed by atoms with E-state index in [0.29, 0.717) is 4.57 Å². The molecule has 2 rings (SSSR count). The summed E-state index contributed by atoms with van der Waals surface area (Å²) in [5, 5.41) is 9.47. The van der Waals surface area contributed by atoms with Crippen molar-refractivity contribution in [3.8, 4) is 11.6 Å². The Balaban J connectivity index is 2.81. The smallest absolute Gasteiger partial charge is 0.335 e. The van der Waals surface area contributed by atoms with E-state index in [-0.39, 0.29) is 5.69 Å². The van der Waals surface area contributed by atoms with Crippen LogP contribution in [0.4, 0.5) is 4.39 Å². The zero-order chi connectivity index (χ0) is 12.6. The first-order chi connectivity index (χ1) is 8.00. The van der Waals surface area contributed by atoms with E-state index in [1.807, 2.05) is 0 Å². The number of nitrogens with one attached hydrogen (secondary N) is 1. The van der Waals surface area contributed by atoms with Crippen LogP contribution in [0.15, 0.2) is 33.9 Å². The second-order valence-electron chi connectivity index (χ2n) is 3.57. The van der Waals surface area contributed by atoms with Gasteiger partial charge < -0.3 is 5.11 Å². The van der Waals surface area contributed by atoms with Crippen LogP contribution in [0.2, 0.25) is 0 Å². The summed E-state index contributed by atoms with van der Waals surface area (Å²) >= 11 is 0. The first-order valence-electron chi connectivity index (χ1n) is 4.81. The molecule has 1 aromatic heterocycles. The Kier molecular flexibility index (Phi) is 2.55. The molecule has 6 heteroatoms. The van der Waals surface area contributed by atoms with Crippen molar-refractivity contribution in [2.75, 3.05) is 0 Å². The van der Waals surface area contributed by atoms with E-state index >= 15 is 0 Å². The fourth-order valence-corrected chi connectivity index (χ4v) is 1.51. The maximum Gasteiger partial charge on any atom is 0.335 e. The Labute approximate surface area is 94.8 Å². The average Bonchev–Trinajstić information content (AvgIpc) is 2.26. The van der Waals surface area contributed by atoms with Crippen molar-refractivity contribution in [1.29, 1.82) is 0 Å². The van der Waals surface area contributed by atoms with Crippen LogP contribution >= 0.6 is 0 Å². The molecule has 1 heterocycles. The highest BCUT2D eigenvalue weighted by molar-refractivity contribution is 5.38. The molecule has 5 nitrogen and oxygen atoms in total. The van der Waals surface area contributed by atoms with Crippen molar-refractivity contribution in [2.24, 2.45) is 0 Å². The van der Waals surface area contributed by atoms with Crippen LogP contribution in [0, 0.1) is 12.7 Å². The van der Waals surface area contributed by atoms with Gasteiger partial charge in [0.05, 0.1) is 5.69 Å². The standard InChI is InChI=1S/C11H9FN2O3/c1-6-3-2-4-7(5-6)14-10(16)8(12)9(15)13-11(14)17/h2-5,16H,1H3,(H,13,15,17). The van der Waals surface area contributed by atoms with Crippen LogP contribution in [-0.4, -0.2) is 14.7 Å². The summed E-state index contributed by atoms with van der Waals surface area (Å²) in [7, 11) is 0. The van der Waals surface area contributed by atoms with Crippen LogP contribution in [0.25, 0.3) is 5.69 Å². The van der Waals surface area contributed by atoms with Gasteiger partial charge in [-0.3, -0.25) is 9.78 Å². The summed E-state index contributed by atoms with van der Waals surface area (Å²) in [6.45, 7) is 1.79. The van der Waals surface area contributed by atoms with Gasteiger partial charge in [-0.1, -0.05) is 12.1 Å². The van der Waals surface area contributed by atoms with E-state index in [4.69, 9.17) is 0 Å². The molecule has 17 heavy (non-hydrogen) atoms. The first kappa shape index (κ1) is 11.1. The summed E-state index contributed by atoms with van der Waals surface area (Å²) in [6.07, 6.45) is 0. The summed E-state index contributed by atoms with van der Waals surface area (Å²) in [4.78, 5) is 24.2. The number of halogens is 1. The number of aromatic amines is 1. The molecule has 0 unspecified atom stereocenters. The fourth-order valence-electron chi connectivity index (χ4n) is 1.51. The summed E-state index contributed by atoms with van der Waals surface area (Å²) in [5.74, 6) is -2.38. The van der Waals surface area contributed by atoms with Crippen LogP contribution < -0.4 is 11.2 Å². The predicted molar refractivity (Wildman–Crippen MR) is 59.0 cm³/mol. The molecule has 2 aromatic rings. The molecule has 0 saturated heterocycles. The molecule has 0 saturated carbocycles. The molecule has 0 amide bonds. The summed E-state index contributed by atoms with van der Waals surface area (Å²) < 4.78 is 13.9. The molecular formula is C11H9FN2O3. The van der Waals surface area contributed by atoms with E-state index in [9.17, 15) is 19.1 Å². The van der Waals surface area contributed by atoms with Gasteiger partial charge in [-0.25, -0.2) is 9.36 Å². The molecule has 0 bridgehead atoms. The lowest BCUT2D eigenvalue weighted by molar-refractivity contribution is 0.386. The van der Waals surface area contributed by atoms with Crippen LogP contribution in [0.1, 0.15) is 5.56 Å². The predicted octanol–water partition coefficient (Wildman–Crippen LogP) is 0.679. The normalized spacial score (nSPS) is 10.5. The second kappa shape index (κ2) is 3.89. The number of aryl methyl sites for hydroxylation is 1. The van der Waals surface area contributed by atoms with E-state index in [1.54, 1.807) is 30.1 Å². The third kappa shape index (κ3) is 1.84. The minimum Gasteiger partial charge on any atom is -0.492 e. The Morgan fingerprint density at radius 3 is 2.71 bits per heavy atom. The number of hydrogen-bond acceptors (Lipinski definition) is 3. The molecule has 0 radical (unpaired) electrons. The molecule has 0 fully saturated rings. The number of hydrogen-bond donors (Lipinski definition) is 2. The highest BCUT2D eigenvalue weighted by Gasteiger charge is 2.14. The zero-order valence-electron chi connectivity index (χ0n) is 8.90. The molecule has 0 spiro atoms. The van der Waals surface area contributed by atoms with E-state index in [1.165, 1.54) is 6.07 Å². The van der Waals surface area contributed by atoms with Crippen molar-refractivity contribution in [2.45, 2.75) is 6.92 Å². The van der Waals surface area contributed by atoms with Gasteiger partial charge >= 0.3 is 5.69 Å². The van der Waals surface area contributed by atoms with Crippen molar-refractivity contribution >= 4 is 0 Å². The number of aromatic nitrogens is 2. The Hall–Kier alpha value is -2.37. The lowest BCUT2D eigenvalue weighted by atomic mass is 10.2. The van der Waals surface area contributed by atoms with Crippen molar-refractivity contribution < 1.29 is 9.50 Å². The molecule has 0 aliphatic rings. The van der Waals surface area contributed by atoms with Crippen molar-refractivity contribution in [3.05, 3.63) is 56.5 Å². The Morgan fingerprint density at radius 2 is 2.06 bits per heavy atom. The third-order valence-corrected chi connectivity index (χ3v) is 2.29. The molecule has 0 aliphatic carbocycles. The lowest BCUT2D eigenvalue weighted by Crippen LogP contribution is -2.30. The van der Waals surface area contributed by atoms with Gasteiger partial charge in [0.1, 0.15) is 0 Å². The number of aromatic hydroxyl groups is 1. The molecule has 88 valence electrons. The van der Waals surface area contributed by atoms with Gasteiger partial charge in [0.25, 0.3) is 5.56 Å². The quantitative estimate of drug-likeness (QED) is 0.764. The van der Waals surface area contributed by atoms with E-state index in [0.717, 1.165) is 5.56 Å². The highest BCUT2D eigenvalue weighted by Crippen LogP contribution is 2.15. The van der Waals surface area contributed by atoms with Gasteiger partial charge in [0, 0.05) is 0 Å². The van der Waals surface area contributed by atoms with E-state index < -0.39 is 22.9 Å². The highest BCUT2D eigenvalue weighted by atomic mass is 19.1. The van der Waals surface area contributed by atoms with Gasteiger partial charge in [-0.2, -0.15) is 4.39 Å². The SMILES string of the molecule is Cc1cccc(-n2c(O)c(F)c(=O)[nH]c2=O)c1. The molecule has 0 atom stereocenters. The molecule has 2 N–H and O–H groups in total. The molecule has 1 aromatic carbocycles. The fraction of sp³-hybridized carbons (Fsp3) is 0.0909. The minimum atomic E-state index is -1.38. The first-order valence-corrected chi connectivity index (χ1v) is 4.81. The summed E-state index contributed by atoms with van der Waals surface area (Å²) in [5.41, 5.74) is -1.01. The number of H-pyrrole nitrogens is 1. The number of nitrogens with zero attached hydrogens (tertiary/aromatic N) is 1. The van der Waals surface area contributed by atoms with Crippen molar-refractivity contribution in [3.63, 3.8) is 0 Å². The second-order valence-corrected chi connectivity index (χ2v) is 3.57. The van der Waals surface area contributed by atoms with Crippen LogP contribution in [0.5, 0.6) is 5.88 Å². The van der Waals surface area contributed by atoms with Gasteiger partial charge in [-0.15, -0.1) is 0 Å². The third-order valence-electron chi connectivity index (χ3n) is 2.29. The topological polar surface area (TPSA) is 75.1 Å². The number of benzene rings is 1. The maximum absolute atomic E-state index is 13.2. The van der Waals surface area contributed by atoms with Crippen LogP contribution in [-0.2, 0) is 0 Å². The Morgan fingerprint density at radius 1 is 1.35 bits per heavy atom. The van der Waals surface area contributed by atoms with Crippen LogP contribution in [0.3, 0.4) is 0 Å². The monoisotopic (exact) mass is 236 g/mol. The lowest BCUT2D eigenvalue weighted by Gasteiger charge is -2.08. The largest absolute Gasteiger partial charge is 0.492 e. The Bertz CT molecular complexity index is 688. The summed E-state index contributed by atoms with van der Waals surface area (Å²) in [6, 6.07) is 6.54. The van der Waals surface area contributed by atoms with Gasteiger partial charge in [-0.05, 0) is 24.6 Å². The minimum absolute atomic E-state index is 0.280. The average molecular weight is 236 g/mol. The molecule has 0 aliphatic heterocycles. The number of rotatable bonds is 1. The molecular weight excluding hydrogens is 227 g/mol. The van der Waals surface area contributed by atoms with Crippen molar-refractivity contribution in [1.82, 2.24) is 9.55 Å².